The van der Waals surface area contributed by atoms with Crippen molar-refractivity contribution in [2.75, 3.05) is 17.6 Å². The van der Waals surface area contributed by atoms with Crippen LogP contribution in [0.2, 0.25) is 0 Å². The molecule has 4 rings (SSSR count). The molecule has 8 nitrogen and oxygen atoms in total. The second-order valence-electron chi connectivity index (χ2n) is 7.81. The molecule has 4 aromatic rings. The third-order valence-corrected chi connectivity index (χ3v) is 6.56. The molecule has 14 heteroatoms. The zero-order chi connectivity index (χ0) is 27.0. The number of hydrogen-bond donors (Lipinski definition) is 2. The molecule has 0 unspecified atom stereocenters. The van der Waals surface area contributed by atoms with Crippen molar-refractivity contribution in [1.82, 2.24) is 15.0 Å². The fraction of sp³-hybridized carbons (Fsp3) is 0.174. The van der Waals surface area contributed by atoms with Gasteiger partial charge in [0, 0.05) is 46.7 Å². The van der Waals surface area contributed by atoms with Gasteiger partial charge < -0.3 is 9.72 Å². The molecule has 3 heterocycles. The van der Waals surface area contributed by atoms with Crippen molar-refractivity contribution in [3.05, 3.63) is 71.7 Å². The SMILES string of the molecule is COc1ccc(-c2cnc3[nH]cc(C(=O)c4ccc(F)c(NS(=O)(=O)CCC(F)(F)F)c4F)c3c2)cn1. The lowest BCUT2D eigenvalue weighted by Gasteiger charge is -2.13. The molecule has 1 aromatic carbocycles. The number of ether oxygens (including phenoxy) is 1. The van der Waals surface area contributed by atoms with Crippen LogP contribution in [0.4, 0.5) is 27.6 Å². The summed E-state index contributed by atoms with van der Waals surface area (Å²) in [5.74, 6) is -4.99. The number of carbonyl (C=O) groups excluding carboxylic acids is 1. The third kappa shape index (κ3) is 5.69. The Kier molecular flexibility index (Phi) is 6.86. The second kappa shape index (κ2) is 9.76. The van der Waals surface area contributed by atoms with E-state index in [4.69, 9.17) is 4.74 Å². The summed E-state index contributed by atoms with van der Waals surface area (Å²) in [7, 11) is -3.32. The number of benzene rings is 1. The maximum atomic E-state index is 15.1. The molecule has 0 saturated carbocycles. The number of fused-ring (bicyclic) bond motifs is 1. The highest BCUT2D eigenvalue weighted by Crippen LogP contribution is 2.30. The summed E-state index contributed by atoms with van der Waals surface area (Å²) in [6, 6.07) is 6.37. The highest BCUT2D eigenvalue weighted by Gasteiger charge is 2.31. The highest BCUT2D eigenvalue weighted by molar-refractivity contribution is 7.92. The molecular weight excluding hydrogens is 523 g/mol. The lowest BCUT2D eigenvalue weighted by Crippen LogP contribution is -2.23. The molecule has 0 spiro atoms. The van der Waals surface area contributed by atoms with Crippen LogP contribution in [0.1, 0.15) is 22.3 Å². The Morgan fingerprint density at radius 1 is 1.05 bits per heavy atom. The molecule has 0 aliphatic heterocycles. The first-order valence-electron chi connectivity index (χ1n) is 10.5. The van der Waals surface area contributed by atoms with E-state index in [9.17, 15) is 30.8 Å². The molecule has 0 saturated heterocycles. The molecule has 0 atom stereocenters. The number of anilines is 1. The van der Waals surface area contributed by atoms with Crippen molar-refractivity contribution in [1.29, 1.82) is 0 Å². The maximum absolute atomic E-state index is 15.1. The van der Waals surface area contributed by atoms with Crippen LogP contribution < -0.4 is 9.46 Å². The monoisotopic (exact) mass is 540 g/mol. The molecule has 3 aromatic heterocycles. The normalized spacial score (nSPS) is 12.1. The summed E-state index contributed by atoms with van der Waals surface area (Å²) in [4.78, 5) is 24.3. The van der Waals surface area contributed by atoms with Gasteiger partial charge in [-0.1, -0.05) is 0 Å². The Morgan fingerprint density at radius 2 is 1.78 bits per heavy atom. The summed E-state index contributed by atoms with van der Waals surface area (Å²) < 4.78 is 97.1. The van der Waals surface area contributed by atoms with Crippen LogP contribution in [0.25, 0.3) is 22.2 Å². The van der Waals surface area contributed by atoms with Gasteiger partial charge in [0.1, 0.15) is 17.2 Å². The number of rotatable bonds is 8. The van der Waals surface area contributed by atoms with Crippen molar-refractivity contribution in [3.63, 3.8) is 0 Å². The lowest BCUT2D eigenvalue weighted by molar-refractivity contribution is -0.129. The number of sulfonamides is 1. The van der Waals surface area contributed by atoms with E-state index < -0.39 is 57.0 Å². The number of hydrogen-bond acceptors (Lipinski definition) is 6. The van der Waals surface area contributed by atoms with E-state index in [1.165, 1.54) is 30.4 Å². The van der Waals surface area contributed by atoms with Gasteiger partial charge in [-0.3, -0.25) is 9.52 Å². The fourth-order valence-corrected chi connectivity index (χ4v) is 4.54. The van der Waals surface area contributed by atoms with Gasteiger partial charge in [-0.25, -0.2) is 27.2 Å². The van der Waals surface area contributed by atoms with Crippen LogP contribution >= 0.6 is 0 Å². The van der Waals surface area contributed by atoms with Gasteiger partial charge in [-0.05, 0) is 24.3 Å². The summed E-state index contributed by atoms with van der Waals surface area (Å²) >= 11 is 0. The molecule has 0 radical (unpaired) electrons. The Bertz CT molecular complexity index is 1590. The van der Waals surface area contributed by atoms with Crippen LogP contribution in [-0.4, -0.2) is 48.2 Å². The van der Waals surface area contributed by atoms with Crippen LogP contribution in [0.3, 0.4) is 0 Å². The molecule has 194 valence electrons. The molecule has 0 amide bonds. The number of carbonyl (C=O) groups is 1. The zero-order valence-corrected chi connectivity index (χ0v) is 19.7. The van der Waals surface area contributed by atoms with Crippen LogP contribution in [0.5, 0.6) is 5.88 Å². The van der Waals surface area contributed by atoms with Crippen molar-refractivity contribution >= 4 is 32.5 Å². The Labute approximate surface area is 206 Å². The minimum Gasteiger partial charge on any atom is -0.481 e. The number of aromatic nitrogens is 3. The van der Waals surface area contributed by atoms with E-state index >= 15 is 4.39 Å². The average Bonchev–Trinajstić information content (AvgIpc) is 3.28. The molecule has 0 bridgehead atoms. The van der Waals surface area contributed by atoms with Crippen molar-refractivity contribution in [2.45, 2.75) is 12.6 Å². The number of halogens is 5. The van der Waals surface area contributed by atoms with E-state index in [1.54, 1.807) is 18.2 Å². The second-order valence-corrected chi connectivity index (χ2v) is 9.65. The van der Waals surface area contributed by atoms with Crippen LogP contribution in [0.15, 0.2) is 48.9 Å². The Balaban J connectivity index is 1.69. The molecule has 2 N–H and O–H groups in total. The van der Waals surface area contributed by atoms with Crippen LogP contribution in [-0.2, 0) is 10.0 Å². The number of nitrogens with zero attached hydrogens (tertiary/aromatic N) is 2. The van der Waals surface area contributed by atoms with E-state index in [0.717, 1.165) is 6.07 Å². The van der Waals surface area contributed by atoms with Gasteiger partial charge in [0.15, 0.2) is 11.6 Å². The predicted molar refractivity (Wildman–Crippen MR) is 124 cm³/mol. The first-order chi connectivity index (χ1) is 17.4. The van der Waals surface area contributed by atoms with Gasteiger partial charge in [0.2, 0.25) is 15.9 Å². The first kappa shape index (κ1) is 26.0. The summed E-state index contributed by atoms with van der Waals surface area (Å²) in [5, 5.41) is 0.286. The topological polar surface area (TPSA) is 114 Å². The van der Waals surface area contributed by atoms with Crippen LogP contribution in [0, 0.1) is 11.6 Å². The highest BCUT2D eigenvalue weighted by atomic mass is 32.2. The summed E-state index contributed by atoms with van der Waals surface area (Å²) in [6.07, 6.45) is -2.23. The smallest absolute Gasteiger partial charge is 0.390 e. The largest absolute Gasteiger partial charge is 0.481 e. The van der Waals surface area contributed by atoms with Gasteiger partial charge in [-0.2, -0.15) is 13.2 Å². The first-order valence-corrected chi connectivity index (χ1v) is 12.1. The van der Waals surface area contributed by atoms with Gasteiger partial charge in [0.05, 0.1) is 24.8 Å². The Morgan fingerprint density at radius 3 is 2.43 bits per heavy atom. The third-order valence-electron chi connectivity index (χ3n) is 5.30. The van der Waals surface area contributed by atoms with E-state index in [1.807, 2.05) is 0 Å². The van der Waals surface area contributed by atoms with Gasteiger partial charge in [-0.15, -0.1) is 0 Å². The minimum absolute atomic E-state index is 0.0535. The minimum atomic E-state index is -4.80. The average molecular weight is 540 g/mol. The fourth-order valence-electron chi connectivity index (χ4n) is 3.44. The van der Waals surface area contributed by atoms with E-state index in [2.05, 4.69) is 15.0 Å². The Hall–Kier alpha value is -4.07. The van der Waals surface area contributed by atoms with Crippen molar-refractivity contribution in [3.8, 4) is 17.0 Å². The molecule has 0 aliphatic carbocycles. The summed E-state index contributed by atoms with van der Waals surface area (Å²) in [5.41, 5.74) is -0.526. The molecular formula is C23H17F5N4O4S. The molecule has 0 aliphatic rings. The molecule has 37 heavy (non-hydrogen) atoms. The number of pyridine rings is 2. The van der Waals surface area contributed by atoms with E-state index in [-0.39, 0.29) is 16.6 Å². The number of aromatic amines is 1. The number of methoxy groups -OCH3 is 1. The maximum Gasteiger partial charge on any atom is 0.390 e. The van der Waals surface area contributed by atoms with Crippen molar-refractivity contribution < 1.29 is 39.9 Å². The number of H-pyrrole nitrogens is 1. The molecule has 0 fully saturated rings. The number of nitrogens with one attached hydrogen (secondary N) is 2. The van der Waals surface area contributed by atoms with Crippen molar-refractivity contribution in [2.24, 2.45) is 0 Å². The number of ketones is 1. The number of alkyl halides is 3. The quantitative estimate of drug-likeness (QED) is 0.244. The lowest BCUT2D eigenvalue weighted by atomic mass is 10.0. The van der Waals surface area contributed by atoms with Gasteiger partial charge in [0.25, 0.3) is 0 Å². The van der Waals surface area contributed by atoms with E-state index in [0.29, 0.717) is 23.1 Å². The zero-order valence-electron chi connectivity index (χ0n) is 18.9. The standard InChI is InChI=1S/C23H17F5N4O4S/c1-36-18-5-2-12(9-29-18)13-8-15-16(11-31-22(15)30-10-13)21(33)14-3-4-17(24)20(19(14)25)32-37(34,35)7-6-23(26,27)28/h2-5,8-11,32H,6-7H2,1H3,(H,30,31). The summed E-state index contributed by atoms with van der Waals surface area (Å²) in [6.45, 7) is 0. The predicted octanol–water partition coefficient (Wildman–Crippen LogP) is 4.84. The van der Waals surface area contributed by atoms with Gasteiger partial charge >= 0.3 is 6.18 Å².